The van der Waals surface area contributed by atoms with Gasteiger partial charge in [-0.05, 0) is 60.0 Å². The van der Waals surface area contributed by atoms with Crippen LogP contribution < -0.4 is 9.64 Å². The Balaban J connectivity index is 1.87. The van der Waals surface area contributed by atoms with Crippen molar-refractivity contribution in [2.45, 2.75) is 6.92 Å². The third kappa shape index (κ3) is 3.09. The normalized spacial score (nSPS) is 14.9. The zero-order valence-electron chi connectivity index (χ0n) is 15.7. The summed E-state index contributed by atoms with van der Waals surface area (Å²) in [6.45, 7) is 1.93. The molecule has 0 aliphatic carbocycles. The highest BCUT2D eigenvalue weighted by Crippen LogP contribution is 2.33. The highest BCUT2D eigenvalue weighted by atomic mass is 16.5. The summed E-state index contributed by atoms with van der Waals surface area (Å²) >= 11 is 0. The number of carbonyl (C=O) groups excluding carboxylic acids is 2. The van der Waals surface area contributed by atoms with E-state index in [-0.39, 0.29) is 11.8 Å². The van der Waals surface area contributed by atoms with Gasteiger partial charge < -0.3 is 4.74 Å². The molecular formula is C24H19NO3. The quantitative estimate of drug-likeness (QED) is 0.495. The van der Waals surface area contributed by atoms with Crippen molar-refractivity contribution in [1.82, 2.24) is 0 Å². The smallest absolute Gasteiger partial charge is 0.265 e. The molecule has 0 aromatic heterocycles. The van der Waals surface area contributed by atoms with Crippen molar-refractivity contribution in [3.05, 3.63) is 95.1 Å². The summed E-state index contributed by atoms with van der Waals surface area (Å²) in [6, 6.07) is 22.1. The van der Waals surface area contributed by atoms with Crippen molar-refractivity contribution in [1.29, 1.82) is 0 Å². The van der Waals surface area contributed by atoms with Crippen LogP contribution in [0.25, 0.3) is 11.6 Å². The van der Waals surface area contributed by atoms with Crippen molar-refractivity contribution in [2.24, 2.45) is 0 Å². The molecule has 0 bridgehead atoms. The number of rotatable bonds is 3. The van der Waals surface area contributed by atoms with Gasteiger partial charge in [0.15, 0.2) is 0 Å². The highest BCUT2D eigenvalue weighted by molar-refractivity contribution is 6.43. The van der Waals surface area contributed by atoms with E-state index in [1.807, 2.05) is 73.7 Å². The maximum absolute atomic E-state index is 13.3. The van der Waals surface area contributed by atoms with Crippen molar-refractivity contribution >= 4 is 29.2 Å². The van der Waals surface area contributed by atoms with Crippen LogP contribution in [0, 0.1) is 6.92 Å². The molecule has 0 N–H and O–H groups in total. The SMILES string of the molecule is COc1ccc(/C=C2\C(=O)N(c3cccc(C)c3)C(=O)c3ccccc32)cc1. The lowest BCUT2D eigenvalue weighted by Crippen LogP contribution is -2.41. The predicted octanol–water partition coefficient (Wildman–Crippen LogP) is 4.73. The summed E-state index contributed by atoms with van der Waals surface area (Å²) in [5.41, 5.74) is 4.07. The molecule has 1 aliphatic rings. The number of imide groups is 1. The van der Waals surface area contributed by atoms with Crippen LogP contribution in [0.4, 0.5) is 5.69 Å². The van der Waals surface area contributed by atoms with Gasteiger partial charge in [-0.1, -0.05) is 42.5 Å². The first kappa shape index (κ1) is 17.7. The summed E-state index contributed by atoms with van der Waals surface area (Å²) in [6.07, 6.45) is 1.82. The molecular weight excluding hydrogens is 350 g/mol. The Kier molecular flexibility index (Phi) is 4.53. The molecule has 0 radical (unpaired) electrons. The molecule has 0 fully saturated rings. The summed E-state index contributed by atoms with van der Waals surface area (Å²) in [4.78, 5) is 27.7. The fraction of sp³-hybridized carbons (Fsp3) is 0.0833. The van der Waals surface area contributed by atoms with E-state index in [1.54, 1.807) is 19.2 Å². The molecule has 1 aliphatic heterocycles. The Hall–Kier alpha value is -3.66. The number of amides is 2. The Morgan fingerprint density at radius 3 is 2.21 bits per heavy atom. The third-order valence-electron chi connectivity index (χ3n) is 4.77. The number of hydrogen-bond acceptors (Lipinski definition) is 3. The average molecular weight is 369 g/mol. The average Bonchev–Trinajstić information content (AvgIpc) is 2.72. The van der Waals surface area contributed by atoms with Crippen LogP contribution in [0.3, 0.4) is 0 Å². The second kappa shape index (κ2) is 7.16. The van der Waals surface area contributed by atoms with Crippen LogP contribution in [0.2, 0.25) is 0 Å². The van der Waals surface area contributed by atoms with E-state index in [4.69, 9.17) is 4.74 Å². The van der Waals surface area contributed by atoms with E-state index in [2.05, 4.69) is 0 Å². The number of ether oxygens (including phenoxy) is 1. The number of carbonyl (C=O) groups is 2. The van der Waals surface area contributed by atoms with Gasteiger partial charge in [-0.15, -0.1) is 0 Å². The second-order valence-corrected chi connectivity index (χ2v) is 6.66. The van der Waals surface area contributed by atoms with Gasteiger partial charge in [0.05, 0.1) is 12.8 Å². The number of methoxy groups -OCH3 is 1. The van der Waals surface area contributed by atoms with Gasteiger partial charge in [-0.2, -0.15) is 0 Å². The van der Waals surface area contributed by atoms with Crippen molar-refractivity contribution in [3.63, 3.8) is 0 Å². The molecule has 0 saturated carbocycles. The van der Waals surface area contributed by atoms with E-state index in [9.17, 15) is 9.59 Å². The molecule has 4 heteroatoms. The molecule has 0 unspecified atom stereocenters. The number of anilines is 1. The summed E-state index contributed by atoms with van der Waals surface area (Å²) in [5, 5.41) is 0. The molecule has 0 spiro atoms. The fourth-order valence-electron chi connectivity index (χ4n) is 3.36. The lowest BCUT2D eigenvalue weighted by atomic mass is 9.91. The first-order valence-corrected chi connectivity index (χ1v) is 8.99. The zero-order chi connectivity index (χ0) is 19.7. The standard InChI is InChI=1S/C24H19NO3/c1-16-6-5-7-18(14-16)25-23(26)21-9-4-3-8-20(21)22(24(25)27)15-17-10-12-19(28-2)13-11-17/h3-15H,1-2H3/b22-15-. The Morgan fingerprint density at radius 2 is 1.54 bits per heavy atom. The van der Waals surface area contributed by atoms with Crippen LogP contribution >= 0.6 is 0 Å². The molecule has 2 amide bonds. The van der Waals surface area contributed by atoms with Gasteiger partial charge in [0.25, 0.3) is 11.8 Å². The van der Waals surface area contributed by atoms with Crippen LogP contribution in [0.5, 0.6) is 5.75 Å². The number of aryl methyl sites for hydroxylation is 1. The number of hydrogen-bond donors (Lipinski definition) is 0. The largest absolute Gasteiger partial charge is 0.497 e. The molecule has 4 nitrogen and oxygen atoms in total. The molecule has 0 atom stereocenters. The van der Waals surface area contributed by atoms with Gasteiger partial charge in [-0.3, -0.25) is 9.59 Å². The molecule has 3 aromatic carbocycles. The molecule has 4 rings (SSSR count). The van der Waals surface area contributed by atoms with Crippen molar-refractivity contribution in [2.75, 3.05) is 12.0 Å². The summed E-state index contributed by atoms with van der Waals surface area (Å²) < 4.78 is 5.20. The highest BCUT2D eigenvalue weighted by Gasteiger charge is 2.35. The third-order valence-corrected chi connectivity index (χ3v) is 4.77. The molecule has 0 saturated heterocycles. The molecule has 28 heavy (non-hydrogen) atoms. The van der Waals surface area contributed by atoms with Gasteiger partial charge in [0.1, 0.15) is 5.75 Å². The van der Waals surface area contributed by atoms with Gasteiger partial charge >= 0.3 is 0 Å². The minimum Gasteiger partial charge on any atom is -0.497 e. The van der Waals surface area contributed by atoms with E-state index < -0.39 is 0 Å². The van der Waals surface area contributed by atoms with E-state index in [1.165, 1.54) is 4.90 Å². The molecule has 138 valence electrons. The maximum atomic E-state index is 13.3. The maximum Gasteiger partial charge on any atom is 0.265 e. The van der Waals surface area contributed by atoms with Gasteiger partial charge in [0.2, 0.25) is 0 Å². The predicted molar refractivity (Wildman–Crippen MR) is 110 cm³/mol. The second-order valence-electron chi connectivity index (χ2n) is 6.66. The minimum atomic E-state index is -0.329. The van der Waals surface area contributed by atoms with Gasteiger partial charge in [-0.25, -0.2) is 4.90 Å². The number of benzene rings is 3. The van der Waals surface area contributed by atoms with E-state index in [0.717, 1.165) is 16.9 Å². The van der Waals surface area contributed by atoms with Crippen LogP contribution in [0.15, 0.2) is 72.8 Å². The van der Waals surface area contributed by atoms with Crippen LogP contribution in [0.1, 0.15) is 27.0 Å². The molecule has 1 heterocycles. The van der Waals surface area contributed by atoms with Crippen molar-refractivity contribution < 1.29 is 14.3 Å². The number of fused-ring (bicyclic) bond motifs is 1. The zero-order valence-corrected chi connectivity index (χ0v) is 15.7. The Morgan fingerprint density at radius 1 is 0.821 bits per heavy atom. The monoisotopic (exact) mass is 369 g/mol. The minimum absolute atomic E-state index is 0.307. The van der Waals surface area contributed by atoms with E-state index in [0.29, 0.717) is 22.4 Å². The number of nitrogens with zero attached hydrogens (tertiary/aromatic N) is 1. The van der Waals surface area contributed by atoms with E-state index >= 15 is 0 Å². The Labute approximate surface area is 163 Å². The lowest BCUT2D eigenvalue weighted by molar-refractivity contribution is -0.112. The topological polar surface area (TPSA) is 46.6 Å². The van der Waals surface area contributed by atoms with Gasteiger partial charge in [0, 0.05) is 11.1 Å². The molecule has 3 aromatic rings. The fourth-order valence-corrected chi connectivity index (χ4v) is 3.36. The lowest BCUT2D eigenvalue weighted by Gasteiger charge is -2.29. The first-order valence-electron chi connectivity index (χ1n) is 8.99. The van der Waals surface area contributed by atoms with Crippen molar-refractivity contribution in [3.8, 4) is 5.75 Å². The first-order chi connectivity index (χ1) is 13.6. The summed E-state index contributed by atoms with van der Waals surface area (Å²) in [5.74, 6) is 0.109. The van der Waals surface area contributed by atoms with Crippen LogP contribution in [-0.2, 0) is 4.79 Å². The van der Waals surface area contributed by atoms with Crippen LogP contribution in [-0.4, -0.2) is 18.9 Å². The Bertz CT molecular complexity index is 1100. The summed E-state index contributed by atoms with van der Waals surface area (Å²) in [7, 11) is 1.61.